The lowest BCUT2D eigenvalue weighted by Gasteiger charge is -2.40. The van der Waals surface area contributed by atoms with Gasteiger partial charge in [-0.25, -0.2) is 0 Å². The first kappa shape index (κ1) is 30.3. The zero-order valence-corrected chi connectivity index (χ0v) is 25.5. The fraction of sp³-hybridized carbons (Fsp3) is 0.294. The minimum atomic E-state index is -1.20. The molecule has 0 saturated heterocycles. The second-order valence-electron chi connectivity index (χ2n) is 9.93. The molecule has 0 spiro atoms. The Kier molecular flexibility index (Phi) is 9.84. The summed E-state index contributed by atoms with van der Waals surface area (Å²) in [6.45, 7) is 4.68. The van der Waals surface area contributed by atoms with Crippen LogP contribution in [0, 0.1) is 0 Å². The van der Waals surface area contributed by atoms with Crippen molar-refractivity contribution < 1.29 is 19.4 Å². The molecule has 6 rings (SSSR count). The van der Waals surface area contributed by atoms with E-state index >= 15 is 0 Å². The number of carbonyl (C=O) groups is 1. The molecular formula is C34H37BrN2O4. The third-order valence-corrected chi connectivity index (χ3v) is 8.14. The van der Waals surface area contributed by atoms with Crippen molar-refractivity contribution in [3.63, 3.8) is 0 Å². The number of nitrogens with zero attached hydrogens (tertiary/aromatic N) is 2. The molecule has 214 valence electrons. The van der Waals surface area contributed by atoms with Crippen LogP contribution in [0.25, 0.3) is 0 Å². The fourth-order valence-corrected chi connectivity index (χ4v) is 6.19. The van der Waals surface area contributed by atoms with Crippen molar-refractivity contribution in [2.45, 2.75) is 50.4 Å². The van der Waals surface area contributed by atoms with E-state index in [1.807, 2.05) is 86.6 Å². The first-order chi connectivity index (χ1) is 19.9. The number of aromatic nitrogens is 1. The molecule has 1 aliphatic carbocycles. The average Bonchev–Trinajstić information content (AvgIpc) is 3.46. The van der Waals surface area contributed by atoms with E-state index in [-0.39, 0.29) is 5.92 Å². The first-order valence-corrected chi connectivity index (χ1v) is 14.7. The lowest BCUT2D eigenvalue weighted by Crippen LogP contribution is -2.48. The zero-order valence-electron chi connectivity index (χ0n) is 24.0. The second kappa shape index (κ2) is 13.3. The van der Waals surface area contributed by atoms with E-state index < -0.39 is 11.2 Å². The zero-order chi connectivity index (χ0) is 29.5. The standard InChI is InChI=1S/C23H20BrNO3.C9H11NO.C2H6/c1-27-19-13-25-14-20-21(19)22(26)12-11-18(15-5-3-2-4-6-15)23(22,28-20)16-7-9-17(24)10-8-16;1-10(8-11)7-9-5-3-2-4-6-9;1-2/h2-10,13-14,18,26H,11-12H2,1H3;2-6,8H,7H2,1H3;1-2H3/t18-,22+,23-;;/m0../s1. The van der Waals surface area contributed by atoms with Gasteiger partial charge in [0.25, 0.3) is 0 Å². The Hall–Kier alpha value is -3.68. The SMILES string of the molecule is CC.CN(C=O)Cc1ccccc1.COc1cncc2c1[C@]1(O)CC[C@@H](c3ccccc3)[C@]1(c1ccc(Br)cc1)O2. The molecule has 6 nitrogen and oxygen atoms in total. The van der Waals surface area contributed by atoms with Crippen molar-refractivity contribution in [3.05, 3.63) is 124 Å². The Bertz CT molecular complexity index is 1420. The summed E-state index contributed by atoms with van der Waals surface area (Å²) in [5, 5.41) is 12.2. The maximum absolute atomic E-state index is 12.2. The lowest BCUT2D eigenvalue weighted by molar-refractivity contribution is -0.117. The van der Waals surface area contributed by atoms with Crippen molar-refractivity contribution in [3.8, 4) is 11.5 Å². The molecule has 1 aromatic heterocycles. The molecule has 1 amide bonds. The fourth-order valence-electron chi connectivity index (χ4n) is 5.92. The van der Waals surface area contributed by atoms with Crippen molar-refractivity contribution >= 4 is 22.3 Å². The molecule has 2 aliphatic rings. The maximum Gasteiger partial charge on any atom is 0.209 e. The summed E-state index contributed by atoms with van der Waals surface area (Å²) in [5.41, 5.74) is 1.82. The van der Waals surface area contributed by atoms with Gasteiger partial charge in [0, 0.05) is 24.0 Å². The van der Waals surface area contributed by atoms with Crippen LogP contribution in [-0.2, 0) is 22.5 Å². The van der Waals surface area contributed by atoms with Gasteiger partial charge in [0.1, 0.15) is 17.1 Å². The molecule has 1 saturated carbocycles. The van der Waals surface area contributed by atoms with Crippen molar-refractivity contribution in [1.29, 1.82) is 0 Å². The molecule has 1 N–H and O–H groups in total. The Morgan fingerprint density at radius 3 is 2.27 bits per heavy atom. The minimum Gasteiger partial charge on any atom is -0.495 e. The highest BCUT2D eigenvalue weighted by Crippen LogP contribution is 2.67. The van der Waals surface area contributed by atoms with Crippen LogP contribution < -0.4 is 9.47 Å². The number of benzene rings is 3. The van der Waals surface area contributed by atoms with Gasteiger partial charge in [-0.2, -0.15) is 0 Å². The van der Waals surface area contributed by atoms with E-state index in [2.05, 4.69) is 33.0 Å². The number of halogens is 1. The number of aliphatic hydroxyl groups is 1. The second-order valence-corrected chi connectivity index (χ2v) is 10.8. The summed E-state index contributed by atoms with van der Waals surface area (Å²) < 4.78 is 13.2. The van der Waals surface area contributed by atoms with E-state index in [0.29, 0.717) is 30.0 Å². The summed E-state index contributed by atoms with van der Waals surface area (Å²) in [5.74, 6) is 1.15. The summed E-state index contributed by atoms with van der Waals surface area (Å²) in [6.07, 6.45) is 5.54. The van der Waals surface area contributed by atoms with Gasteiger partial charge in [-0.05, 0) is 41.7 Å². The number of hydrogen-bond donors (Lipinski definition) is 1. The smallest absolute Gasteiger partial charge is 0.209 e. The topological polar surface area (TPSA) is 71.9 Å². The monoisotopic (exact) mass is 616 g/mol. The van der Waals surface area contributed by atoms with Crippen molar-refractivity contribution in [2.75, 3.05) is 14.2 Å². The highest BCUT2D eigenvalue weighted by molar-refractivity contribution is 9.10. The predicted molar refractivity (Wildman–Crippen MR) is 165 cm³/mol. The van der Waals surface area contributed by atoms with E-state index in [9.17, 15) is 9.90 Å². The van der Waals surface area contributed by atoms with Crippen LogP contribution >= 0.6 is 15.9 Å². The number of methoxy groups -OCH3 is 1. The van der Waals surface area contributed by atoms with E-state index in [0.717, 1.165) is 34.0 Å². The van der Waals surface area contributed by atoms with E-state index in [4.69, 9.17) is 9.47 Å². The number of pyridine rings is 1. The van der Waals surface area contributed by atoms with E-state index in [1.165, 1.54) is 0 Å². The van der Waals surface area contributed by atoms with Gasteiger partial charge < -0.3 is 19.5 Å². The summed E-state index contributed by atoms with van der Waals surface area (Å²) in [4.78, 5) is 16.1. The van der Waals surface area contributed by atoms with Gasteiger partial charge in [-0.1, -0.05) is 103 Å². The third-order valence-electron chi connectivity index (χ3n) is 7.61. The van der Waals surface area contributed by atoms with E-state index in [1.54, 1.807) is 31.5 Å². The lowest BCUT2D eigenvalue weighted by atomic mass is 9.72. The maximum atomic E-state index is 12.2. The molecule has 1 aliphatic heterocycles. The molecule has 3 aromatic carbocycles. The largest absolute Gasteiger partial charge is 0.495 e. The van der Waals surface area contributed by atoms with Gasteiger partial charge in [0.2, 0.25) is 6.41 Å². The first-order valence-electron chi connectivity index (χ1n) is 13.9. The van der Waals surface area contributed by atoms with Crippen LogP contribution in [0.4, 0.5) is 0 Å². The number of rotatable bonds is 6. The Morgan fingerprint density at radius 1 is 1.02 bits per heavy atom. The van der Waals surface area contributed by atoms with Crippen molar-refractivity contribution in [1.82, 2.24) is 9.88 Å². The van der Waals surface area contributed by atoms with Gasteiger partial charge in [0.05, 0.1) is 25.1 Å². The minimum absolute atomic E-state index is 0.00279. The molecule has 0 unspecified atom stereocenters. The molecule has 4 aromatic rings. The van der Waals surface area contributed by atoms with Gasteiger partial charge in [-0.15, -0.1) is 0 Å². The van der Waals surface area contributed by atoms with Crippen LogP contribution in [0.5, 0.6) is 11.5 Å². The number of amides is 1. The summed E-state index contributed by atoms with van der Waals surface area (Å²) >= 11 is 3.52. The highest BCUT2D eigenvalue weighted by Gasteiger charge is 2.69. The van der Waals surface area contributed by atoms with Crippen LogP contribution in [0.1, 0.15) is 54.9 Å². The molecule has 0 radical (unpaired) electrons. The molecular weight excluding hydrogens is 580 g/mol. The number of fused-ring (bicyclic) bond motifs is 3. The Balaban J connectivity index is 0.000000251. The van der Waals surface area contributed by atoms with Crippen LogP contribution in [0.3, 0.4) is 0 Å². The third kappa shape index (κ3) is 5.74. The van der Waals surface area contributed by atoms with Crippen LogP contribution in [0.2, 0.25) is 0 Å². The van der Waals surface area contributed by atoms with Crippen LogP contribution in [-0.4, -0.2) is 35.6 Å². The Labute approximate surface area is 251 Å². The predicted octanol–water partition coefficient (Wildman–Crippen LogP) is 7.21. The van der Waals surface area contributed by atoms with Gasteiger partial charge >= 0.3 is 0 Å². The normalized spacial score (nSPS) is 21.6. The molecule has 1 fully saturated rings. The average molecular weight is 618 g/mol. The van der Waals surface area contributed by atoms with Crippen molar-refractivity contribution in [2.24, 2.45) is 0 Å². The molecule has 41 heavy (non-hydrogen) atoms. The quantitative estimate of drug-likeness (QED) is 0.232. The number of carbonyl (C=O) groups excluding carboxylic acids is 1. The number of ether oxygens (including phenoxy) is 2. The van der Waals surface area contributed by atoms with Crippen LogP contribution in [0.15, 0.2) is 102 Å². The molecule has 7 heteroatoms. The number of hydrogen-bond acceptors (Lipinski definition) is 5. The highest BCUT2D eigenvalue weighted by atomic mass is 79.9. The molecule has 0 bridgehead atoms. The van der Waals surface area contributed by atoms with Gasteiger partial charge in [0.15, 0.2) is 5.60 Å². The molecule has 2 heterocycles. The van der Waals surface area contributed by atoms with Gasteiger partial charge in [-0.3, -0.25) is 9.78 Å². The summed E-state index contributed by atoms with van der Waals surface area (Å²) in [7, 11) is 3.36. The Morgan fingerprint density at radius 2 is 1.66 bits per heavy atom. The molecule has 3 atom stereocenters. The summed E-state index contributed by atoms with van der Waals surface area (Å²) in [6, 6.07) is 28.2.